The Morgan fingerprint density at radius 1 is 1.73 bits per heavy atom. The summed E-state index contributed by atoms with van der Waals surface area (Å²) in [5, 5.41) is 4.32. The van der Waals surface area contributed by atoms with Crippen molar-refractivity contribution in [1.29, 1.82) is 0 Å². The van der Waals surface area contributed by atoms with E-state index in [1.165, 1.54) is 0 Å². The van der Waals surface area contributed by atoms with E-state index in [0.717, 1.165) is 18.6 Å². The van der Waals surface area contributed by atoms with E-state index in [4.69, 9.17) is 16.3 Å². The lowest BCUT2D eigenvalue weighted by Crippen LogP contribution is -2.55. The second-order valence-electron chi connectivity index (χ2n) is 4.52. The standard InChI is InChI=1S/C11H17ClN2O/c1-4-11(2)9(12)5-10(11)15-8-6-13-14(3)7-8/h6-7,9-10H,4-5H2,1-3H3. The van der Waals surface area contributed by atoms with Gasteiger partial charge in [0.15, 0.2) is 5.75 Å². The number of alkyl halides is 1. The van der Waals surface area contributed by atoms with Gasteiger partial charge in [0.1, 0.15) is 6.10 Å². The molecule has 1 aromatic rings. The van der Waals surface area contributed by atoms with Crippen LogP contribution < -0.4 is 4.74 Å². The Hall–Kier alpha value is -0.700. The average Bonchev–Trinajstić information content (AvgIpc) is 2.62. The lowest BCUT2D eigenvalue weighted by molar-refractivity contribution is -0.0295. The number of rotatable bonds is 3. The Balaban J connectivity index is 2.02. The molecule has 3 unspecified atom stereocenters. The molecule has 84 valence electrons. The predicted molar refractivity (Wildman–Crippen MR) is 60.3 cm³/mol. The van der Waals surface area contributed by atoms with Crippen LogP contribution in [-0.4, -0.2) is 21.3 Å². The van der Waals surface area contributed by atoms with E-state index in [2.05, 4.69) is 18.9 Å². The van der Waals surface area contributed by atoms with Gasteiger partial charge in [-0.2, -0.15) is 5.10 Å². The summed E-state index contributed by atoms with van der Waals surface area (Å²) in [6, 6.07) is 0. The van der Waals surface area contributed by atoms with Crippen LogP contribution in [0.4, 0.5) is 0 Å². The number of ether oxygens (including phenoxy) is 1. The van der Waals surface area contributed by atoms with Crippen molar-refractivity contribution >= 4 is 11.6 Å². The van der Waals surface area contributed by atoms with Crippen LogP contribution in [-0.2, 0) is 7.05 Å². The van der Waals surface area contributed by atoms with Gasteiger partial charge in [0, 0.05) is 24.3 Å². The molecule has 1 aromatic heterocycles. The molecule has 3 atom stereocenters. The Morgan fingerprint density at radius 3 is 2.93 bits per heavy atom. The monoisotopic (exact) mass is 228 g/mol. The van der Waals surface area contributed by atoms with Gasteiger partial charge in [0.2, 0.25) is 0 Å². The lowest BCUT2D eigenvalue weighted by Gasteiger charge is -2.50. The number of nitrogens with zero attached hydrogens (tertiary/aromatic N) is 2. The van der Waals surface area contributed by atoms with E-state index < -0.39 is 0 Å². The summed E-state index contributed by atoms with van der Waals surface area (Å²) in [6.45, 7) is 4.35. The summed E-state index contributed by atoms with van der Waals surface area (Å²) < 4.78 is 7.63. The summed E-state index contributed by atoms with van der Waals surface area (Å²) >= 11 is 6.22. The maximum absolute atomic E-state index is 6.22. The largest absolute Gasteiger partial charge is 0.486 e. The molecule has 0 amide bonds. The topological polar surface area (TPSA) is 27.1 Å². The minimum absolute atomic E-state index is 0.109. The molecule has 1 heterocycles. The fourth-order valence-corrected chi connectivity index (χ4v) is 2.48. The van der Waals surface area contributed by atoms with Crippen molar-refractivity contribution in [3.8, 4) is 5.75 Å². The number of aryl methyl sites for hydroxylation is 1. The Bertz CT molecular complexity index is 352. The summed E-state index contributed by atoms with van der Waals surface area (Å²) in [6.07, 6.45) is 5.84. The maximum atomic E-state index is 6.22. The first-order valence-electron chi connectivity index (χ1n) is 5.35. The highest BCUT2D eigenvalue weighted by Gasteiger charge is 2.51. The van der Waals surface area contributed by atoms with E-state index in [0.29, 0.717) is 0 Å². The SMILES string of the molecule is CCC1(C)C(Cl)CC1Oc1cnn(C)c1. The molecule has 1 aliphatic rings. The third-order valence-electron chi connectivity index (χ3n) is 3.59. The smallest absolute Gasteiger partial charge is 0.157 e. The summed E-state index contributed by atoms with van der Waals surface area (Å²) in [7, 11) is 1.89. The molecule has 3 nitrogen and oxygen atoms in total. The van der Waals surface area contributed by atoms with Gasteiger partial charge < -0.3 is 4.74 Å². The summed E-state index contributed by atoms with van der Waals surface area (Å²) in [4.78, 5) is 0. The van der Waals surface area contributed by atoms with Crippen molar-refractivity contribution in [3.63, 3.8) is 0 Å². The van der Waals surface area contributed by atoms with Crippen LogP contribution in [0.5, 0.6) is 5.75 Å². The van der Waals surface area contributed by atoms with Gasteiger partial charge >= 0.3 is 0 Å². The van der Waals surface area contributed by atoms with Crippen molar-refractivity contribution in [2.24, 2.45) is 12.5 Å². The molecule has 1 aliphatic carbocycles. The first kappa shape index (κ1) is 10.8. The molecule has 15 heavy (non-hydrogen) atoms. The molecule has 0 saturated heterocycles. The van der Waals surface area contributed by atoms with Gasteiger partial charge in [-0.25, -0.2) is 0 Å². The van der Waals surface area contributed by atoms with Crippen molar-refractivity contribution < 1.29 is 4.74 Å². The lowest BCUT2D eigenvalue weighted by atomic mass is 9.65. The second kappa shape index (κ2) is 3.71. The normalized spacial score (nSPS) is 34.9. The fraction of sp³-hybridized carbons (Fsp3) is 0.727. The van der Waals surface area contributed by atoms with E-state index in [-0.39, 0.29) is 16.9 Å². The molecule has 0 aliphatic heterocycles. The maximum Gasteiger partial charge on any atom is 0.157 e. The van der Waals surface area contributed by atoms with Gasteiger partial charge in [0.25, 0.3) is 0 Å². The van der Waals surface area contributed by atoms with Crippen molar-refractivity contribution in [3.05, 3.63) is 12.4 Å². The highest BCUT2D eigenvalue weighted by atomic mass is 35.5. The summed E-state index contributed by atoms with van der Waals surface area (Å²) in [5.41, 5.74) is 0.109. The number of hydrogen-bond donors (Lipinski definition) is 0. The number of aromatic nitrogens is 2. The third-order valence-corrected chi connectivity index (χ3v) is 4.27. The molecule has 0 spiro atoms. The molecule has 1 fully saturated rings. The van der Waals surface area contributed by atoms with Gasteiger partial charge in [0.05, 0.1) is 12.4 Å². The predicted octanol–water partition coefficient (Wildman–Crippen LogP) is 2.59. The molecule has 0 radical (unpaired) electrons. The van der Waals surface area contributed by atoms with Crippen LogP contribution in [0.25, 0.3) is 0 Å². The molecule has 4 heteroatoms. The van der Waals surface area contributed by atoms with Crippen LogP contribution in [0.3, 0.4) is 0 Å². The van der Waals surface area contributed by atoms with Crippen LogP contribution >= 0.6 is 11.6 Å². The van der Waals surface area contributed by atoms with Crippen LogP contribution in [0.15, 0.2) is 12.4 Å². The zero-order valence-corrected chi connectivity index (χ0v) is 10.2. The molecular formula is C11H17ClN2O. The van der Waals surface area contributed by atoms with Gasteiger partial charge in [-0.05, 0) is 6.42 Å². The zero-order chi connectivity index (χ0) is 11.1. The van der Waals surface area contributed by atoms with Crippen LogP contribution in [0, 0.1) is 5.41 Å². The minimum atomic E-state index is 0.109. The van der Waals surface area contributed by atoms with E-state index in [1.54, 1.807) is 10.9 Å². The minimum Gasteiger partial charge on any atom is -0.486 e. The van der Waals surface area contributed by atoms with Crippen LogP contribution in [0.2, 0.25) is 0 Å². The molecule has 1 saturated carbocycles. The Kier molecular flexibility index (Phi) is 2.67. The third kappa shape index (κ3) is 1.73. The summed E-state index contributed by atoms with van der Waals surface area (Å²) in [5.74, 6) is 0.839. The first-order chi connectivity index (χ1) is 7.06. The number of hydrogen-bond acceptors (Lipinski definition) is 2. The number of halogens is 1. The highest BCUT2D eigenvalue weighted by molar-refractivity contribution is 6.21. The highest BCUT2D eigenvalue weighted by Crippen LogP contribution is 2.49. The van der Waals surface area contributed by atoms with E-state index >= 15 is 0 Å². The molecular weight excluding hydrogens is 212 g/mol. The van der Waals surface area contributed by atoms with Crippen molar-refractivity contribution in [1.82, 2.24) is 9.78 Å². The second-order valence-corrected chi connectivity index (χ2v) is 5.05. The molecule has 0 aromatic carbocycles. The molecule has 0 N–H and O–H groups in total. The first-order valence-corrected chi connectivity index (χ1v) is 5.79. The zero-order valence-electron chi connectivity index (χ0n) is 9.40. The molecule has 0 bridgehead atoms. The van der Waals surface area contributed by atoms with Gasteiger partial charge in [-0.15, -0.1) is 11.6 Å². The fourth-order valence-electron chi connectivity index (χ4n) is 2.02. The van der Waals surface area contributed by atoms with Crippen molar-refractivity contribution in [2.75, 3.05) is 0 Å². The molecule has 2 rings (SSSR count). The van der Waals surface area contributed by atoms with Gasteiger partial charge in [-0.3, -0.25) is 4.68 Å². The van der Waals surface area contributed by atoms with E-state index in [1.807, 2.05) is 13.2 Å². The quantitative estimate of drug-likeness (QED) is 0.744. The van der Waals surface area contributed by atoms with Crippen LogP contribution in [0.1, 0.15) is 26.7 Å². The van der Waals surface area contributed by atoms with E-state index in [9.17, 15) is 0 Å². The van der Waals surface area contributed by atoms with Crippen molar-refractivity contribution in [2.45, 2.75) is 38.2 Å². The average molecular weight is 229 g/mol. The Labute approximate surface area is 95.4 Å². The van der Waals surface area contributed by atoms with Gasteiger partial charge in [-0.1, -0.05) is 13.8 Å². The Morgan fingerprint density at radius 2 is 2.47 bits per heavy atom.